The van der Waals surface area contributed by atoms with Crippen LogP contribution in [0.4, 0.5) is 11.5 Å². The Morgan fingerprint density at radius 1 is 1.53 bits per heavy atom. The summed E-state index contributed by atoms with van der Waals surface area (Å²) in [5, 5.41) is 2.94. The van der Waals surface area contributed by atoms with Crippen LogP contribution in [0.5, 0.6) is 5.88 Å². The minimum absolute atomic E-state index is 0.0825. The second-order valence-corrected chi connectivity index (χ2v) is 5.02. The van der Waals surface area contributed by atoms with E-state index in [2.05, 4.69) is 15.2 Å². The number of rotatable bonds is 2. The molecule has 19 heavy (non-hydrogen) atoms. The molecule has 102 valence electrons. The predicted octanol–water partition coefficient (Wildman–Crippen LogP) is 0.387. The molecule has 0 spiro atoms. The van der Waals surface area contributed by atoms with Crippen molar-refractivity contribution in [1.29, 1.82) is 0 Å². The van der Waals surface area contributed by atoms with E-state index in [9.17, 15) is 4.79 Å². The van der Waals surface area contributed by atoms with E-state index in [1.54, 1.807) is 13.2 Å². The van der Waals surface area contributed by atoms with Crippen molar-refractivity contribution in [1.82, 2.24) is 10.3 Å². The topological polar surface area (TPSA) is 80.5 Å². The number of nitrogens with two attached hydrogens (primary N) is 1. The number of anilines is 2. The highest BCUT2D eigenvalue weighted by molar-refractivity contribution is 5.83. The molecule has 1 amide bonds. The number of carbonyl (C=O) groups is 1. The molecule has 2 atom stereocenters. The van der Waals surface area contributed by atoms with Crippen LogP contribution >= 0.6 is 0 Å². The van der Waals surface area contributed by atoms with Gasteiger partial charge in [0.2, 0.25) is 11.8 Å². The van der Waals surface area contributed by atoms with E-state index < -0.39 is 0 Å². The summed E-state index contributed by atoms with van der Waals surface area (Å²) >= 11 is 0. The van der Waals surface area contributed by atoms with Gasteiger partial charge in [0.25, 0.3) is 0 Å². The molecule has 0 bridgehead atoms. The van der Waals surface area contributed by atoms with Crippen LogP contribution in [0.1, 0.15) is 12.8 Å². The molecule has 6 heteroatoms. The first-order valence-corrected chi connectivity index (χ1v) is 6.55. The van der Waals surface area contributed by atoms with Crippen molar-refractivity contribution in [3.05, 3.63) is 12.1 Å². The number of nitrogens with one attached hydrogen (secondary N) is 1. The number of amides is 1. The van der Waals surface area contributed by atoms with Crippen LogP contribution in [0.25, 0.3) is 0 Å². The third-order valence-corrected chi connectivity index (χ3v) is 3.96. The number of nitrogen functional groups attached to an aromatic ring is 1. The number of methoxy groups -OCH3 is 1. The summed E-state index contributed by atoms with van der Waals surface area (Å²) < 4.78 is 5.16. The van der Waals surface area contributed by atoms with Crippen molar-refractivity contribution < 1.29 is 9.53 Å². The van der Waals surface area contributed by atoms with Crippen molar-refractivity contribution in [3.8, 4) is 5.88 Å². The third-order valence-electron chi connectivity index (χ3n) is 3.96. The van der Waals surface area contributed by atoms with Crippen LogP contribution in [0.15, 0.2) is 12.1 Å². The fraction of sp³-hybridized carbons (Fsp3) is 0.538. The maximum Gasteiger partial charge on any atom is 0.238 e. The van der Waals surface area contributed by atoms with Crippen LogP contribution in [-0.2, 0) is 4.79 Å². The van der Waals surface area contributed by atoms with Crippen molar-refractivity contribution in [3.63, 3.8) is 0 Å². The molecule has 0 radical (unpaired) electrons. The van der Waals surface area contributed by atoms with Gasteiger partial charge in [-0.05, 0) is 25.0 Å². The van der Waals surface area contributed by atoms with Crippen molar-refractivity contribution in [2.75, 3.05) is 30.8 Å². The molecule has 1 aromatic heterocycles. The molecule has 1 aromatic rings. The average Bonchev–Trinajstić information content (AvgIpc) is 2.81. The molecule has 0 aliphatic carbocycles. The smallest absolute Gasteiger partial charge is 0.238 e. The van der Waals surface area contributed by atoms with Crippen LogP contribution in [0, 0.1) is 5.92 Å². The quantitative estimate of drug-likeness (QED) is 0.805. The first-order chi connectivity index (χ1) is 9.20. The summed E-state index contributed by atoms with van der Waals surface area (Å²) in [5.74, 6) is 1.52. The summed E-state index contributed by atoms with van der Waals surface area (Å²) in [6.45, 7) is 1.61. The summed E-state index contributed by atoms with van der Waals surface area (Å²) in [4.78, 5) is 18.4. The fourth-order valence-electron chi connectivity index (χ4n) is 3.00. The molecule has 0 aromatic carbocycles. The zero-order valence-electron chi connectivity index (χ0n) is 10.9. The number of pyridine rings is 1. The number of hydrogen-bond acceptors (Lipinski definition) is 5. The lowest BCUT2D eigenvalue weighted by Crippen LogP contribution is -2.46. The highest BCUT2D eigenvalue weighted by Crippen LogP contribution is 2.32. The number of carbonyl (C=O) groups excluding carboxylic acids is 1. The van der Waals surface area contributed by atoms with Gasteiger partial charge >= 0.3 is 0 Å². The second kappa shape index (κ2) is 4.60. The SMILES string of the molecule is COc1nc(N2CCCC3C(=O)NCC32)ccc1N. The van der Waals surface area contributed by atoms with Crippen LogP contribution in [0.3, 0.4) is 0 Å². The molecule has 2 aliphatic rings. The Balaban J connectivity index is 1.91. The number of ether oxygens (including phenoxy) is 1. The van der Waals surface area contributed by atoms with E-state index in [1.165, 1.54) is 0 Å². The molecule has 2 unspecified atom stereocenters. The Morgan fingerprint density at radius 3 is 3.16 bits per heavy atom. The number of piperidine rings is 1. The summed E-state index contributed by atoms with van der Waals surface area (Å²) in [5.41, 5.74) is 6.31. The van der Waals surface area contributed by atoms with Gasteiger partial charge in [-0.25, -0.2) is 0 Å². The Morgan fingerprint density at radius 2 is 2.37 bits per heavy atom. The summed E-state index contributed by atoms with van der Waals surface area (Å²) in [6.07, 6.45) is 1.96. The van der Waals surface area contributed by atoms with Gasteiger partial charge in [-0.3, -0.25) is 4.79 Å². The average molecular weight is 262 g/mol. The highest BCUT2D eigenvalue weighted by Gasteiger charge is 2.41. The minimum atomic E-state index is 0.0825. The first-order valence-electron chi connectivity index (χ1n) is 6.55. The molecule has 0 saturated carbocycles. The Hall–Kier alpha value is -1.98. The summed E-state index contributed by atoms with van der Waals surface area (Å²) in [7, 11) is 1.56. The first kappa shape index (κ1) is 12.1. The Labute approximate surface area is 111 Å². The fourth-order valence-corrected chi connectivity index (χ4v) is 3.00. The third kappa shape index (κ3) is 1.97. The molecule has 2 aliphatic heterocycles. The highest BCUT2D eigenvalue weighted by atomic mass is 16.5. The van der Waals surface area contributed by atoms with Crippen LogP contribution in [-0.4, -0.2) is 37.1 Å². The van der Waals surface area contributed by atoms with E-state index in [-0.39, 0.29) is 17.9 Å². The number of fused-ring (bicyclic) bond motifs is 1. The molecule has 2 fully saturated rings. The maximum atomic E-state index is 11.8. The molecule has 3 heterocycles. The number of hydrogen-bond donors (Lipinski definition) is 2. The van der Waals surface area contributed by atoms with Gasteiger partial charge in [0.1, 0.15) is 5.82 Å². The largest absolute Gasteiger partial charge is 0.479 e. The number of aromatic nitrogens is 1. The molecule has 3 N–H and O–H groups in total. The van der Waals surface area contributed by atoms with Gasteiger partial charge < -0.3 is 20.7 Å². The molecule has 6 nitrogen and oxygen atoms in total. The van der Waals surface area contributed by atoms with E-state index in [1.807, 2.05) is 6.07 Å². The van der Waals surface area contributed by atoms with E-state index in [4.69, 9.17) is 10.5 Å². The van der Waals surface area contributed by atoms with Gasteiger partial charge in [-0.2, -0.15) is 4.98 Å². The van der Waals surface area contributed by atoms with Gasteiger partial charge in [-0.15, -0.1) is 0 Å². The van der Waals surface area contributed by atoms with E-state index in [0.29, 0.717) is 18.1 Å². The number of nitrogens with zero attached hydrogens (tertiary/aromatic N) is 2. The van der Waals surface area contributed by atoms with Gasteiger partial charge in [0, 0.05) is 13.1 Å². The van der Waals surface area contributed by atoms with E-state index >= 15 is 0 Å². The van der Waals surface area contributed by atoms with Gasteiger partial charge in [-0.1, -0.05) is 0 Å². The molecule has 3 rings (SSSR count). The van der Waals surface area contributed by atoms with Crippen LogP contribution < -0.4 is 20.7 Å². The lowest BCUT2D eigenvalue weighted by molar-refractivity contribution is -0.122. The lowest BCUT2D eigenvalue weighted by atomic mass is 9.91. The zero-order chi connectivity index (χ0) is 13.4. The molecular weight excluding hydrogens is 244 g/mol. The standard InChI is InChI=1S/C13H18N4O2/c1-19-13-9(14)4-5-11(16-13)17-6-2-3-8-10(17)7-15-12(8)18/h4-5,8,10H,2-3,6-7,14H2,1H3,(H,15,18). The Kier molecular flexibility index (Phi) is 2.93. The molecule has 2 saturated heterocycles. The van der Waals surface area contributed by atoms with Gasteiger partial charge in [0.05, 0.1) is 24.8 Å². The van der Waals surface area contributed by atoms with Crippen molar-refractivity contribution in [2.24, 2.45) is 5.92 Å². The Bertz CT molecular complexity index is 505. The van der Waals surface area contributed by atoms with Crippen LogP contribution in [0.2, 0.25) is 0 Å². The lowest BCUT2D eigenvalue weighted by Gasteiger charge is -2.36. The summed E-state index contributed by atoms with van der Waals surface area (Å²) in [6, 6.07) is 3.89. The van der Waals surface area contributed by atoms with Crippen molar-refractivity contribution in [2.45, 2.75) is 18.9 Å². The second-order valence-electron chi connectivity index (χ2n) is 5.02. The minimum Gasteiger partial charge on any atom is -0.479 e. The maximum absolute atomic E-state index is 11.8. The zero-order valence-corrected chi connectivity index (χ0v) is 10.9. The monoisotopic (exact) mass is 262 g/mol. The van der Waals surface area contributed by atoms with Crippen molar-refractivity contribution >= 4 is 17.4 Å². The van der Waals surface area contributed by atoms with Gasteiger partial charge in [0.15, 0.2) is 0 Å². The molecular formula is C13H18N4O2. The normalized spacial score (nSPS) is 25.9. The predicted molar refractivity (Wildman–Crippen MR) is 72.1 cm³/mol. The van der Waals surface area contributed by atoms with E-state index in [0.717, 1.165) is 25.2 Å².